The van der Waals surface area contributed by atoms with Gasteiger partial charge in [-0.1, -0.05) is 5.76 Å². The lowest BCUT2D eigenvalue weighted by Crippen LogP contribution is -2.05. The molecule has 0 saturated carbocycles. The van der Waals surface area contributed by atoms with Crippen molar-refractivity contribution in [3.8, 4) is 0 Å². The highest BCUT2D eigenvalue weighted by atomic mass is 32.2. The first-order valence-corrected chi connectivity index (χ1v) is 6.31. The maximum absolute atomic E-state index is 11.5. The van der Waals surface area contributed by atoms with Gasteiger partial charge in [0.1, 0.15) is 17.9 Å². The van der Waals surface area contributed by atoms with E-state index in [0.29, 0.717) is 5.56 Å². The number of non-ortho nitro benzene ring substituents is 1. The highest BCUT2D eigenvalue weighted by Gasteiger charge is 2.04. The summed E-state index contributed by atoms with van der Waals surface area (Å²) < 4.78 is 0. The fraction of sp³-hybridized carbons (Fsp3) is 0.200. The van der Waals surface area contributed by atoms with Gasteiger partial charge in [0, 0.05) is 23.0 Å². The van der Waals surface area contributed by atoms with Crippen molar-refractivity contribution in [3.05, 3.63) is 45.4 Å². The van der Waals surface area contributed by atoms with E-state index in [1.165, 1.54) is 24.3 Å². The molecule has 0 unspecified atom stereocenters. The van der Waals surface area contributed by atoms with E-state index in [1.54, 1.807) is 5.41 Å². The van der Waals surface area contributed by atoms with E-state index in [4.69, 9.17) is 0 Å². The Labute approximate surface area is 90.7 Å². The van der Waals surface area contributed by atoms with Crippen LogP contribution in [0.2, 0.25) is 0 Å². The molecular formula is C10H11NO3S. The van der Waals surface area contributed by atoms with E-state index >= 15 is 0 Å². The van der Waals surface area contributed by atoms with Crippen LogP contribution in [-0.2, 0) is 10.9 Å². The highest BCUT2D eigenvalue weighted by molar-refractivity contribution is 7.98. The Bertz CT molecular complexity index is 384. The maximum atomic E-state index is 11.5. The average Bonchev–Trinajstić information content (AvgIpc) is 2.17. The quantitative estimate of drug-likeness (QED) is 0.335. The number of rotatable bonds is 3. The summed E-state index contributed by atoms with van der Waals surface area (Å²) in [6.45, 7) is 0. The molecule has 0 aliphatic carbocycles. The molecule has 4 nitrogen and oxygen atoms in total. The van der Waals surface area contributed by atoms with Gasteiger partial charge in [0.25, 0.3) is 5.69 Å². The van der Waals surface area contributed by atoms with E-state index in [1.807, 2.05) is 12.5 Å². The molecule has 1 aromatic rings. The Morgan fingerprint density at radius 3 is 2.27 bits per heavy atom. The molecule has 1 aromatic carbocycles. The minimum Gasteiger partial charge on any atom is -0.869 e. The number of hydrogen-bond donors (Lipinski definition) is 0. The molecule has 0 N–H and O–H groups in total. The summed E-state index contributed by atoms with van der Waals surface area (Å²) in [6, 6.07) is 5.63. The Balaban J connectivity index is 2.94. The van der Waals surface area contributed by atoms with Crippen LogP contribution < -0.4 is 5.11 Å². The molecule has 0 fully saturated rings. The standard InChI is InChI=1S/C10H11NO3S/c1-15(2)7-10(12)8-3-5-9(6-4-8)11(13)14/h3-7H,1-2H3/b10-7-. The van der Waals surface area contributed by atoms with E-state index in [2.05, 4.69) is 0 Å². The largest absolute Gasteiger partial charge is 0.869 e. The molecule has 0 aromatic heterocycles. The minimum absolute atomic E-state index is 0.00135. The van der Waals surface area contributed by atoms with Crippen molar-refractivity contribution in [3.63, 3.8) is 0 Å². The molecule has 0 aliphatic heterocycles. The van der Waals surface area contributed by atoms with Crippen LogP contribution in [0.15, 0.2) is 29.7 Å². The zero-order valence-electron chi connectivity index (χ0n) is 8.47. The van der Waals surface area contributed by atoms with Crippen LogP contribution in [0.4, 0.5) is 5.69 Å². The molecular weight excluding hydrogens is 214 g/mol. The van der Waals surface area contributed by atoms with Crippen molar-refractivity contribution >= 4 is 22.3 Å². The van der Waals surface area contributed by atoms with Crippen molar-refractivity contribution < 1.29 is 10.0 Å². The first-order chi connectivity index (χ1) is 7.00. The van der Waals surface area contributed by atoms with E-state index < -0.39 is 4.92 Å². The van der Waals surface area contributed by atoms with Gasteiger partial charge in [0.2, 0.25) is 0 Å². The second-order valence-electron chi connectivity index (χ2n) is 3.17. The highest BCUT2D eigenvalue weighted by Crippen LogP contribution is 2.15. The molecule has 5 heteroatoms. The van der Waals surface area contributed by atoms with Crippen LogP contribution in [0, 0.1) is 10.1 Å². The van der Waals surface area contributed by atoms with Crippen molar-refractivity contribution in [2.45, 2.75) is 0 Å². The number of nitrogens with zero attached hydrogens (tertiary/aromatic N) is 1. The number of hydrogen-bond acceptors (Lipinski definition) is 3. The molecule has 1 rings (SSSR count). The molecule has 0 aliphatic rings. The van der Waals surface area contributed by atoms with Gasteiger partial charge in [0.05, 0.1) is 4.92 Å². The predicted molar refractivity (Wildman–Crippen MR) is 60.3 cm³/mol. The minimum atomic E-state index is -0.484. The summed E-state index contributed by atoms with van der Waals surface area (Å²) in [6.07, 6.45) is 3.87. The summed E-state index contributed by atoms with van der Waals surface area (Å²) in [5.41, 5.74) is 0.486. The zero-order chi connectivity index (χ0) is 11.4. The van der Waals surface area contributed by atoms with Gasteiger partial charge in [-0.15, -0.1) is 0 Å². The zero-order valence-corrected chi connectivity index (χ0v) is 9.28. The molecule has 0 amide bonds. The van der Waals surface area contributed by atoms with Gasteiger partial charge in [-0.05, 0) is 17.7 Å². The molecule has 80 valence electrons. The summed E-state index contributed by atoms with van der Waals surface area (Å²) in [5, 5.41) is 23.5. The van der Waals surface area contributed by atoms with Gasteiger partial charge < -0.3 is 5.11 Å². The topological polar surface area (TPSA) is 66.2 Å². The first-order valence-electron chi connectivity index (χ1n) is 4.21. The number of benzene rings is 1. The molecule has 15 heavy (non-hydrogen) atoms. The van der Waals surface area contributed by atoms with Crippen LogP contribution in [0.5, 0.6) is 0 Å². The third-order valence-corrected chi connectivity index (χ3v) is 2.39. The third kappa shape index (κ3) is 3.28. The number of nitro groups is 1. The van der Waals surface area contributed by atoms with E-state index in [-0.39, 0.29) is 22.3 Å². The fourth-order valence-corrected chi connectivity index (χ4v) is 1.59. The third-order valence-electron chi connectivity index (χ3n) is 1.71. The van der Waals surface area contributed by atoms with Crippen LogP contribution in [-0.4, -0.2) is 17.4 Å². The second kappa shape index (κ2) is 4.84. The predicted octanol–water partition coefficient (Wildman–Crippen LogP) is 1.13. The molecule has 0 saturated heterocycles. The Kier molecular flexibility index (Phi) is 3.74. The first kappa shape index (κ1) is 11.6. The lowest BCUT2D eigenvalue weighted by atomic mass is 10.2. The van der Waals surface area contributed by atoms with Crippen LogP contribution in [0.25, 0.3) is 5.76 Å². The van der Waals surface area contributed by atoms with Gasteiger partial charge in [0.15, 0.2) is 0 Å². The van der Waals surface area contributed by atoms with Crippen molar-refractivity contribution in [1.29, 1.82) is 0 Å². The van der Waals surface area contributed by atoms with E-state index in [0.717, 1.165) is 0 Å². The van der Waals surface area contributed by atoms with Crippen LogP contribution >= 0.6 is 0 Å². The van der Waals surface area contributed by atoms with Gasteiger partial charge in [-0.2, -0.15) is 0 Å². The smallest absolute Gasteiger partial charge is 0.269 e. The van der Waals surface area contributed by atoms with Crippen molar-refractivity contribution in [2.75, 3.05) is 12.5 Å². The molecule has 0 radical (unpaired) electrons. The molecule has 0 bridgehead atoms. The SMILES string of the molecule is C[S+](C)/C=C(\[O-])c1ccc([N+](=O)[O-])cc1. The lowest BCUT2D eigenvalue weighted by Gasteiger charge is -2.09. The van der Waals surface area contributed by atoms with E-state index in [9.17, 15) is 15.2 Å². The molecule has 0 heterocycles. The molecule has 0 spiro atoms. The molecule has 0 atom stereocenters. The summed E-state index contributed by atoms with van der Waals surface area (Å²) in [5.74, 6) is -0.0850. The summed E-state index contributed by atoms with van der Waals surface area (Å²) >= 11 is 0. The Hall–Kier alpha value is -1.49. The summed E-state index contributed by atoms with van der Waals surface area (Å²) in [4.78, 5) is 9.89. The van der Waals surface area contributed by atoms with Crippen LogP contribution in [0.3, 0.4) is 0 Å². The number of nitro benzene ring substituents is 1. The normalized spacial score (nSPS) is 11.8. The average molecular weight is 225 g/mol. The van der Waals surface area contributed by atoms with Gasteiger partial charge in [-0.3, -0.25) is 10.1 Å². The van der Waals surface area contributed by atoms with Crippen molar-refractivity contribution in [1.82, 2.24) is 0 Å². The van der Waals surface area contributed by atoms with Crippen LogP contribution in [0.1, 0.15) is 5.56 Å². The second-order valence-corrected chi connectivity index (χ2v) is 5.16. The maximum Gasteiger partial charge on any atom is 0.269 e. The Morgan fingerprint density at radius 1 is 1.33 bits per heavy atom. The van der Waals surface area contributed by atoms with Gasteiger partial charge in [-0.25, -0.2) is 0 Å². The van der Waals surface area contributed by atoms with Crippen molar-refractivity contribution in [2.24, 2.45) is 0 Å². The Morgan fingerprint density at radius 2 is 1.87 bits per heavy atom. The monoisotopic (exact) mass is 225 g/mol. The fourth-order valence-electron chi connectivity index (χ4n) is 1.03. The lowest BCUT2D eigenvalue weighted by molar-refractivity contribution is -0.384. The summed E-state index contributed by atoms with van der Waals surface area (Å²) in [7, 11) is -0.0687. The van der Waals surface area contributed by atoms with Gasteiger partial charge >= 0.3 is 0 Å².